The fourth-order valence-corrected chi connectivity index (χ4v) is 3.35. The van der Waals surface area contributed by atoms with E-state index in [9.17, 15) is 4.79 Å². The highest BCUT2D eigenvalue weighted by molar-refractivity contribution is 7.99. The minimum Gasteiger partial charge on any atom is -0.479 e. The van der Waals surface area contributed by atoms with Crippen molar-refractivity contribution >= 4 is 23.4 Å². The molecule has 3 rings (SSSR count). The van der Waals surface area contributed by atoms with E-state index in [-0.39, 0.29) is 11.7 Å². The highest BCUT2D eigenvalue weighted by Crippen LogP contribution is 2.36. The van der Waals surface area contributed by atoms with Crippen molar-refractivity contribution in [3.05, 3.63) is 36.1 Å². The third-order valence-electron chi connectivity index (χ3n) is 3.33. The van der Waals surface area contributed by atoms with Crippen LogP contribution in [0.15, 0.2) is 39.8 Å². The summed E-state index contributed by atoms with van der Waals surface area (Å²) in [6.07, 6.45) is 0. The number of carbonyl (C=O) groups is 1. The van der Waals surface area contributed by atoms with Gasteiger partial charge in [0.15, 0.2) is 0 Å². The Morgan fingerprint density at radius 3 is 3.05 bits per heavy atom. The smallest absolute Gasteiger partial charge is 0.297 e. The molecule has 0 saturated heterocycles. The Kier molecular flexibility index (Phi) is 3.88. The Hall–Kier alpha value is -1.95. The molecule has 0 aliphatic carbocycles. The van der Waals surface area contributed by atoms with Gasteiger partial charge in [-0.1, -0.05) is 19.1 Å². The highest BCUT2D eigenvalue weighted by atomic mass is 32.2. The van der Waals surface area contributed by atoms with E-state index in [1.165, 1.54) is 13.2 Å². The molecule has 2 heterocycles. The Balaban J connectivity index is 1.97. The molecule has 1 atom stereocenters. The maximum Gasteiger partial charge on any atom is 0.297 e. The Morgan fingerprint density at radius 2 is 2.29 bits per heavy atom. The van der Waals surface area contributed by atoms with Crippen molar-refractivity contribution in [2.75, 3.05) is 24.3 Å². The topological polar surface area (TPSA) is 55.6 Å². The van der Waals surface area contributed by atoms with Gasteiger partial charge in [-0.25, -0.2) is 0 Å². The molecular weight excluding hydrogens is 288 g/mol. The van der Waals surface area contributed by atoms with Crippen molar-refractivity contribution < 1.29 is 14.1 Å². The summed E-state index contributed by atoms with van der Waals surface area (Å²) in [6.45, 7) is 2.80. The lowest BCUT2D eigenvalue weighted by atomic mass is 10.1. The van der Waals surface area contributed by atoms with Crippen molar-refractivity contribution in [3.63, 3.8) is 0 Å². The summed E-state index contributed by atoms with van der Waals surface area (Å²) in [6, 6.07) is 9.46. The van der Waals surface area contributed by atoms with E-state index in [1.54, 1.807) is 16.7 Å². The fraction of sp³-hybridized carbons (Fsp3) is 0.333. The van der Waals surface area contributed by atoms with Crippen LogP contribution in [0.1, 0.15) is 17.5 Å². The number of hydrogen-bond acceptors (Lipinski definition) is 5. The molecule has 110 valence electrons. The number of rotatable bonds is 2. The maximum atomic E-state index is 12.7. The second-order valence-electron chi connectivity index (χ2n) is 5.03. The normalized spacial score (nSPS) is 18.0. The van der Waals surface area contributed by atoms with Crippen LogP contribution in [0.2, 0.25) is 0 Å². The van der Waals surface area contributed by atoms with Gasteiger partial charge < -0.3 is 14.2 Å². The number of benzene rings is 1. The number of methoxy groups -OCH3 is 1. The van der Waals surface area contributed by atoms with Crippen LogP contribution in [0.25, 0.3) is 0 Å². The van der Waals surface area contributed by atoms with Crippen molar-refractivity contribution in [3.8, 4) is 5.88 Å². The molecule has 0 fully saturated rings. The van der Waals surface area contributed by atoms with Crippen LogP contribution in [-0.4, -0.2) is 30.5 Å². The first-order chi connectivity index (χ1) is 10.2. The fourth-order valence-electron chi connectivity index (χ4n) is 2.28. The van der Waals surface area contributed by atoms with Crippen LogP contribution in [-0.2, 0) is 0 Å². The summed E-state index contributed by atoms with van der Waals surface area (Å²) in [5.74, 6) is 1.70. The molecule has 6 heteroatoms. The second kappa shape index (κ2) is 5.81. The molecule has 0 unspecified atom stereocenters. The second-order valence-corrected chi connectivity index (χ2v) is 6.10. The van der Waals surface area contributed by atoms with E-state index in [0.29, 0.717) is 18.3 Å². The molecule has 2 aromatic rings. The standard InChI is InChI=1S/C15H16N2O3S/c1-10-8-17(11-5-3-4-6-13(11)21-9-10)15(18)12-7-14(19-2)16-20-12/h3-7,10H,8-9H2,1-2H3/t10-/m0/s1. The van der Waals surface area contributed by atoms with E-state index in [0.717, 1.165) is 16.3 Å². The summed E-state index contributed by atoms with van der Waals surface area (Å²) in [4.78, 5) is 15.6. The quantitative estimate of drug-likeness (QED) is 0.853. The molecular formula is C15H16N2O3S. The van der Waals surface area contributed by atoms with Crippen LogP contribution in [0.3, 0.4) is 0 Å². The zero-order valence-electron chi connectivity index (χ0n) is 11.9. The zero-order valence-corrected chi connectivity index (χ0v) is 12.7. The van der Waals surface area contributed by atoms with Gasteiger partial charge in [0.25, 0.3) is 11.8 Å². The number of nitrogens with zero attached hydrogens (tertiary/aromatic N) is 2. The lowest BCUT2D eigenvalue weighted by molar-refractivity contribution is 0.0948. The zero-order chi connectivity index (χ0) is 14.8. The average Bonchev–Trinajstić information content (AvgIpc) is 2.92. The van der Waals surface area contributed by atoms with Crippen LogP contribution in [0, 0.1) is 5.92 Å². The van der Waals surface area contributed by atoms with E-state index in [2.05, 4.69) is 12.1 Å². The Labute approximate surface area is 127 Å². The molecule has 0 saturated carbocycles. The van der Waals surface area contributed by atoms with Gasteiger partial charge in [-0.05, 0) is 23.2 Å². The summed E-state index contributed by atoms with van der Waals surface area (Å²) in [5, 5.41) is 3.70. The van der Waals surface area contributed by atoms with Crippen LogP contribution >= 0.6 is 11.8 Å². The number of fused-ring (bicyclic) bond motifs is 1. The summed E-state index contributed by atoms with van der Waals surface area (Å²) < 4.78 is 10.1. The number of amides is 1. The van der Waals surface area contributed by atoms with Gasteiger partial charge in [-0.15, -0.1) is 11.8 Å². The first-order valence-corrected chi connectivity index (χ1v) is 7.72. The van der Waals surface area contributed by atoms with E-state index in [1.807, 2.05) is 24.3 Å². The third kappa shape index (κ3) is 2.76. The predicted octanol–water partition coefficient (Wildman–Crippen LogP) is 3.07. The van der Waals surface area contributed by atoms with E-state index < -0.39 is 0 Å². The minimum atomic E-state index is -0.187. The molecule has 5 nitrogen and oxygen atoms in total. The van der Waals surface area contributed by atoms with E-state index >= 15 is 0 Å². The molecule has 1 aliphatic rings. The van der Waals surface area contributed by atoms with Gasteiger partial charge in [0.1, 0.15) is 0 Å². The number of ether oxygens (including phenoxy) is 1. The summed E-state index contributed by atoms with van der Waals surface area (Å²) in [7, 11) is 1.49. The molecule has 0 radical (unpaired) electrons. The molecule has 1 aromatic heterocycles. The molecule has 0 spiro atoms. The first-order valence-electron chi connectivity index (χ1n) is 6.73. The van der Waals surface area contributed by atoms with Gasteiger partial charge >= 0.3 is 0 Å². The molecule has 1 amide bonds. The molecule has 0 bridgehead atoms. The first kappa shape index (κ1) is 14.0. The van der Waals surface area contributed by atoms with Gasteiger partial charge in [0.05, 0.1) is 18.9 Å². The van der Waals surface area contributed by atoms with Gasteiger partial charge in [0, 0.05) is 17.2 Å². The van der Waals surface area contributed by atoms with Gasteiger partial charge in [-0.2, -0.15) is 0 Å². The van der Waals surface area contributed by atoms with Crippen molar-refractivity contribution in [2.45, 2.75) is 11.8 Å². The Bertz CT molecular complexity index is 656. The van der Waals surface area contributed by atoms with Crippen molar-refractivity contribution in [1.82, 2.24) is 5.16 Å². The SMILES string of the molecule is COc1cc(C(=O)N2C[C@H](C)CSc3ccccc32)on1. The molecule has 21 heavy (non-hydrogen) atoms. The number of hydrogen-bond donors (Lipinski definition) is 0. The number of aromatic nitrogens is 1. The van der Waals surface area contributed by atoms with Crippen LogP contribution in [0.4, 0.5) is 5.69 Å². The summed E-state index contributed by atoms with van der Waals surface area (Å²) >= 11 is 1.78. The third-order valence-corrected chi connectivity index (χ3v) is 4.72. The number of carbonyl (C=O) groups excluding carboxylic acids is 1. The van der Waals surface area contributed by atoms with E-state index in [4.69, 9.17) is 9.26 Å². The number of para-hydroxylation sites is 1. The predicted molar refractivity (Wildman–Crippen MR) is 81.1 cm³/mol. The molecule has 1 aliphatic heterocycles. The van der Waals surface area contributed by atoms with Gasteiger partial charge in [0.2, 0.25) is 5.76 Å². The molecule has 1 aromatic carbocycles. The van der Waals surface area contributed by atoms with Crippen molar-refractivity contribution in [2.24, 2.45) is 5.92 Å². The van der Waals surface area contributed by atoms with Crippen LogP contribution in [0.5, 0.6) is 5.88 Å². The largest absolute Gasteiger partial charge is 0.479 e. The number of anilines is 1. The Morgan fingerprint density at radius 1 is 1.48 bits per heavy atom. The van der Waals surface area contributed by atoms with Gasteiger partial charge in [-0.3, -0.25) is 4.79 Å². The number of thioether (sulfide) groups is 1. The summed E-state index contributed by atoms with van der Waals surface area (Å²) in [5.41, 5.74) is 0.923. The monoisotopic (exact) mass is 304 g/mol. The maximum absolute atomic E-state index is 12.7. The lowest BCUT2D eigenvalue weighted by Gasteiger charge is -2.22. The average molecular weight is 304 g/mol. The lowest BCUT2D eigenvalue weighted by Crippen LogP contribution is -2.34. The molecule has 0 N–H and O–H groups in total. The highest BCUT2D eigenvalue weighted by Gasteiger charge is 2.28. The van der Waals surface area contributed by atoms with Crippen LogP contribution < -0.4 is 9.64 Å². The minimum absolute atomic E-state index is 0.187. The van der Waals surface area contributed by atoms with Crippen molar-refractivity contribution in [1.29, 1.82) is 0 Å².